The van der Waals surface area contributed by atoms with E-state index >= 15 is 0 Å². The van der Waals surface area contributed by atoms with Crippen LogP contribution in [-0.2, 0) is 17.9 Å². The van der Waals surface area contributed by atoms with Crippen molar-refractivity contribution in [2.75, 3.05) is 12.4 Å². The number of nitrogens with zero attached hydrogens (tertiary/aromatic N) is 2. The van der Waals surface area contributed by atoms with Crippen LogP contribution in [0.15, 0.2) is 79.0 Å². The predicted molar refractivity (Wildman–Crippen MR) is 139 cm³/mol. The van der Waals surface area contributed by atoms with Gasteiger partial charge in [0.2, 0.25) is 5.91 Å². The third kappa shape index (κ3) is 6.52. The lowest BCUT2D eigenvalue weighted by Gasteiger charge is -2.11. The largest absolute Gasteiger partial charge is 0.496 e. The molecule has 184 valence electrons. The number of anilines is 1. The minimum Gasteiger partial charge on any atom is -0.496 e. The molecule has 0 atom stereocenters. The number of ether oxygens (including phenoxy) is 2. The second-order valence-electron chi connectivity index (χ2n) is 8.09. The first kappa shape index (κ1) is 25.0. The van der Waals surface area contributed by atoms with Crippen LogP contribution in [0.4, 0.5) is 10.2 Å². The molecule has 0 saturated heterocycles. The summed E-state index contributed by atoms with van der Waals surface area (Å²) >= 11 is 6.08. The molecule has 4 rings (SSSR count). The summed E-state index contributed by atoms with van der Waals surface area (Å²) in [5.41, 5.74) is 3.16. The van der Waals surface area contributed by atoms with Gasteiger partial charge < -0.3 is 14.8 Å². The summed E-state index contributed by atoms with van der Waals surface area (Å²) in [7, 11) is 1.60. The van der Waals surface area contributed by atoms with Crippen molar-refractivity contribution in [1.82, 2.24) is 9.78 Å². The van der Waals surface area contributed by atoms with Crippen molar-refractivity contribution in [1.29, 1.82) is 0 Å². The molecule has 1 heterocycles. The SMILES string of the molecule is COc1ccc(/C=C/C(=O)Nc2ccn(Cc3c(F)cccc3Cl)n2)cc1COc1ccc(C)cc1. The first-order valence-corrected chi connectivity index (χ1v) is 11.6. The number of benzene rings is 3. The zero-order chi connectivity index (χ0) is 25.5. The summed E-state index contributed by atoms with van der Waals surface area (Å²) in [4.78, 5) is 12.4. The van der Waals surface area contributed by atoms with Crippen LogP contribution in [0.1, 0.15) is 22.3 Å². The fraction of sp³-hybridized carbons (Fsp3) is 0.143. The number of carbonyl (C=O) groups is 1. The predicted octanol–water partition coefficient (Wildman–Crippen LogP) is 6.27. The number of rotatable bonds is 9. The summed E-state index contributed by atoms with van der Waals surface area (Å²) < 4.78 is 26.9. The maximum atomic E-state index is 14.0. The Bertz CT molecular complexity index is 1360. The highest BCUT2D eigenvalue weighted by Crippen LogP contribution is 2.23. The van der Waals surface area contributed by atoms with Crippen molar-refractivity contribution in [2.24, 2.45) is 0 Å². The maximum Gasteiger partial charge on any atom is 0.249 e. The van der Waals surface area contributed by atoms with E-state index in [1.807, 2.05) is 49.4 Å². The molecule has 1 aromatic heterocycles. The molecule has 0 aliphatic rings. The molecule has 0 unspecified atom stereocenters. The number of amides is 1. The van der Waals surface area contributed by atoms with Crippen molar-refractivity contribution in [3.05, 3.63) is 112 Å². The van der Waals surface area contributed by atoms with Gasteiger partial charge in [0, 0.05) is 34.5 Å². The maximum absolute atomic E-state index is 14.0. The summed E-state index contributed by atoms with van der Waals surface area (Å²) in [6.45, 7) is 2.49. The Balaban J connectivity index is 1.38. The van der Waals surface area contributed by atoms with E-state index in [0.29, 0.717) is 28.8 Å². The van der Waals surface area contributed by atoms with Gasteiger partial charge in [-0.3, -0.25) is 9.48 Å². The molecule has 36 heavy (non-hydrogen) atoms. The standard InChI is InChI=1S/C28H25ClFN3O3/c1-19-6-10-22(11-7-19)36-18-21-16-20(8-12-26(21)35-2)9-13-28(34)31-27-14-15-33(32-27)17-23-24(29)4-3-5-25(23)30/h3-16H,17-18H2,1-2H3,(H,31,32,34)/b13-9+. The summed E-state index contributed by atoms with van der Waals surface area (Å²) in [6, 6.07) is 19.6. The number of hydrogen-bond donors (Lipinski definition) is 1. The molecule has 1 amide bonds. The van der Waals surface area contributed by atoms with Gasteiger partial charge in [0.1, 0.15) is 23.9 Å². The molecule has 0 fully saturated rings. The smallest absolute Gasteiger partial charge is 0.249 e. The topological polar surface area (TPSA) is 65.4 Å². The van der Waals surface area contributed by atoms with Crippen molar-refractivity contribution in [2.45, 2.75) is 20.1 Å². The van der Waals surface area contributed by atoms with Gasteiger partial charge in [0.15, 0.2) is 5.82 Å². The van der Waals surface area contributed by atoms with Crippen molar-refractivity contribution >= 4 is 29.4 Å². The minimum atomic E-state index is -0.408. The van der Waals surface area contributed by atoms with Crippen LogP contribution in [0.2, 0.25) is 5.02 Å². The summed E-state index contributed by atoms with van der Waals surface area (Å²) in [5, 5.41) is 7.29. The fourth-order valence-electron chi connectivity index (χ4n) is 3.51. The number of aryl methyl sites for hydroxylation is 1. The van der Waals surface area contributed by atoms with Gasteiger partial charge in [0.05, 0.1) is 13.7 Å². The molecule has 0 bridgehead atoms. The highest BCUT2D eigenvalue weighted by Gasteiger charge is 2.10. The highest BCUT2D eigenvalue weighted by molar-refractivity contribution is 6.31. The molecule has 0 aliphatic heterocycles. The van der Waals surface area contributed by atoms with Crippen molar-refractivity contribution in [3.63, 3.8) is 0 Å². The van der Waals surface area contributed by atoms with Gasteiger partial charge in [-0.1, -0.05) is 41.4 Å². The minimum absolute atomic E-state index is 0.149. The zero-order valence-corrected chi connectivity index (χ0v) is 20.6. The van der Waals surface area contributed by atoms with E-state index in [-0.39, 0.29) is 12.5 Å². The molecule has 3 aromatic carbocycles. The van der Waals surface area contributed by atoms with Crippen molar-refractivity contribution < 1.29 is 18.7 Å². The van der Waals surface area contributed by atoms with Gasteiger partial charge in [-0.25, -0.2) is 4.39 Å². The number of halogens is 2. The van der Waals surface area contributed by atoms with E-state index in [4.69, 9.17) is 21.1 Å². The number of carbonyl (C=O) groups excluding carboxylic acids is 1. The lowest BCUT2D eigenvalue weighted by molar-refractivity contribution is -0.111. The summed E-state index contributed by atoms with van der Waals surface area (Å²) in [6.07, 6.45) is 4.76. The Morgan fingerprint density at radius 1 is 1.14 bits per heavy atom. The summed E-state index contributed by atoms with van der Waals surface area (Å²) in [5.74, 6) is 1.05. The monoisotopic (exact) mass is 505 g/mol. The Morgan fingerprint density at radius 3 is 2.69 bits per heavy atom. The molecule has 1 N–H and O–H groups in total. The Labute approximate surface area is 213 Å². The molecule has 0 spiro atoms. The Hall–Kier alpha value is -4.10. The second kappa shape index (κ2) is 11.6. The molecule has 0 saturated carbocycles. The van der Waals surface area contributed by atoms with Crippen LogP contribution in [0.5, 0.6) is 11.5 Å². The number of nitrogens with one attached hydrogen (secondary N) is 1. The normalized spacial score (nSPS) is 11.0. The quantitative estimate of drug-likeness (QED) is 0.272. The molecule has 0 aliphatic carbocycles. The van der Waals surface area contributed by atoms with Crippen LogP contribution in [0.3, 0.4) is 0 Å². The number of hydrogen-bond acceptors (Lipinski definition) is 4. The van der Waals surface area contributed by atoms with Gasteiger partial charge >= 0.3 is 0 Å². The molecular weight excluding hydrogens is 481 g/mol. The first-order chi connectivity index (χ1) is 17.4. The first-order valence-electron chi connectivity index (χ1n) is 11.2. The van der Waals surface area contributed by atoms with Crippen LogP contribution >= 0.6 is 11.6 Å². The van der Waals surface area contributed by atoms with E-state index < -0.39 is 5.82 Å². The fourth-order valence-corrected chi connectivity index (χ4v) is 3.73. The van der Waals surface area contributed by atoms with Gasteiger partial charge in [0.25, 0.3) is 0 Å². The third-order valence-corrected chi connectivity index (χ3v) is 5.77. The van der Waals surface area contributed by atoms with Gasteiger partial charge in [-0.15, -0.1) is 0 Å². The lowest BCUT2D eigenvalue weighted by atomic mass is 10.1. The highest BCUT2D eigenvalue weighted by atomic mass is 35.5. The molecule has 0 radical (unpaired) electrons. The average Bonchev–Trinajstić information content (AvgIpc) is 3.31. The van der Waals surface area contributed by atoms with E-state index in [9.17, 15) is 9.18 Å². The van der Waals surface area contributed by atoms with Gasteiger partial charge in [-0.2, -0.15) is 5.10 Å². The lowest BCUT2D eigenvalue weighted by Crippen LogP contribution is -2.10. The third-order valence-electron chi connectivity index (χ3n) is 5.42. The zero-order valence-electron chi connectivity index (χ0n) is 19.9. The van der Waals surface area contributed by atoms with Gasteiger partial charge in [-0.05, 0) is 55.0 Å². The Kier molecular flexibility index (Phi) is 8.02. The molecule has 8 heteroatoms. The van der Waals surface area contributed by atoms with Crippen LogP contribution in [0.25, 0.3) is 6.08 Å². The van der Waals surface area contributed by atoms with E-state index in [1.165, 1.54) is 16.8 Å². The Morgan fingerprint density at radius 2 is 1.94 bits per heavy atom. The second-order valence-corrected chi connectivity index (χ2v) is 8.50. The van der Waals surface area contributed by atoms with Crippen LogP contribution in [0, 0.1) is 12.7 Å². The molecule has 4 aromatic rings. The van der Waals surface area contributed by atoms with Crippen molar-refractivity contribution in [3.8, 4) is 11.5 Å². The van der Waals surface area contributed by atoms with Crippen LogP contribution < -0.4 is 14.8 Å². The number of methoxy groups -OCH3 is 1. The van der Waals surface area contributed by atoms with E-state index in [1.54, 1.807) is 37.6 Å². The van der Waals surface area contributed by atoms with E-state index in [0.717, 1.165) is 22.4 Å². The van der Waals surface area contributed by atoms with Crippen LogP contribution in [-0.4, -0.2) is 22.8 Å². The van der Waals surface area contributed by atoms with E-state index in [2.05, 4.69) is 10.4 Å². The molecular formula is C28H25ClFN3O3. The average molecular weight is 506 g/mol. The molecule has 6 nitrogen and oxygen atoms in total. The number of aromatic nitrogens is 2.